The number of nitrogens with one attached hydrogen (secondary N) is 1. The van der Waals surface area contributed by atoms with Gasteiger partial charge in [0.1, 0.15) is 0 Å². The van der Waals surface area contributed by atoms with Gasteiger partial charge in [0.25, 0.3) is 10.0 Å². The Morgan fingerprint density at radius 3 is 2.24 bits per heavy atom. The Morgan fingerprint density at radius 2 is 1.67 bits per heavy atom. The number of rotatable bonds is 3. The standard InChI is InChI=1S/C15H17ClN2O2S/c1-9-5-4-6-10(2)15(9)18-21(19,20)14-8-12(16)7-13(17)11(14)3/h4-8,18H,17H2,1-3H3. The highest BCUT2D eigenvalue weighted by molar-refractivity contribution is 7.92. The Hall–Kier alpha value is -1.72. The number of nitrogens with two attached hydrogens (primary N) is 1. The zero-order valence-electron chi connectivity index (χ0n) is 12.1. The van der Waals surface area contributed by atoms with Crippen LogP contribution in [0.25, 0.3) is 0 Å². The lowest BCUT2D eigenvalue weighted by molar-refractivity contribution is 0.600. The lowest BCUT2D eigenvalue weighted by atomic mass is 10.1. The summed E-state index contributed by atoms with van der Waals surface area (Å²) >= 11 is 5.92. The first-order chi connectivity index (χ1) is 9.72. The van der Waals surface area contributed by atoms with Crippen LogP contribution in [0.3, 0.4) is 0 Å². The first-order valence-electron chi connectivity index (χ1n) is 6.37. The van der Waals surface area contributed by atoms with Crippen LogP contribution in [0.5, 0.6) is 0 Å². The molecular formula is C15H17ClN2O2S. The third-order valence-corrected chi connectivity index (χ3v) is 5.07. The maximum Gasteiger partial charge on any atom is 0.262 e. The third kappa shape index (κ3) is 3.14. The van der Waals surface area contributed by atoms with E-state index in [9.17, 15) is 8.42 Å². The van der Waals surface area contributed by atoms with Crippen LogP contribution in [-0.4, -0.2) is 8.42 Å². The molecule has 2 aromatic carbocycles. The summed E-state index contributed by atoms with van der Waals surface area (Å²) in [5.41, 5.74) is 8.92. The van der Waals surface area contributed by atoms with Gasteiger partial charge in [-0.3, -0.25) is 4.72 Å². The fraction of sp³-hybridized carbons (Fsp3) is 0.200. The topological polar surface area (TPSA) is 72.2 Å². The molecule has 21 heavy (non-hydrogen) atoms. The van der Waals surface area contributed by atoms with E-state index in [1.807, 2.05) is 32.0 Å². The largest absolute Gasteiger partial charge is 0.398 e. The molecule has 0 aliphatic heterocycles. The van der Waals surface area contributed by atoms with Gasteiger partial charge in [0.15, 0.2) is 0 Å². The van der Waals surface area contributed by atoms with Crippen LogP contribution in [0.15, 0.2) is 35.2 Å². The molecule has 0 saturated carbocycles. The summed E-state index contributed by atoms with van der Waals surface area (Å²) in [4.78, 5) is 0.0927. The van der Waals surface area contributed by atoms with E-state index in [1.54, 1.807) is 6.92 Å². The second-order valence-electron chi connectivity index (χ2n) is 4.99. The van der Waals surface area contributed by atoms with E-state index in [4.69, 9.17) is 17.3 Å². The van der Waals surface area contributed by atoms with E-state index in [2.05, 4.69) is 4.72 Å². The van der Waals surface area contributed by atoms with E-state index in [0.29, 0.717) is 22.0 Å². The van der Waals surface area contributed by atoms with Crippen molar-refractivity contribution in [3.63, 3.8) is 0 Å². The van der Waals surface area contributed by atoms with Crippen molar-refractivity contribution in [1.29, 1.82) is 0 Å². The average molecular weight is 325 g/mol. The van der Waals surface area contributed by atoms with E-state index in [0.717, 1.165) is 11.1 Å². The summed E-state index contributed by atoms with van der Waals surface area (Å²) in [6.45, 7) is 5.36. The van der Waals surface area contributed by atoms with Gasteiger partial charge in [-0.15, -0.1) is 0 Å². The van der Waals surface area contributed by atoms with Crippen LogP contribution in [0, 0.1) is 20.8 Å². The van der Waals surface area contributed by atoms with Crippen LogP contribution >= 0.6 is 11.6 Å². The average Bonchev–Trinajstić information content (AvgIpc) is 2.38. The minimum Gasteiger partial charge on any atom is -0.398 e. The number of anilines is 2. The van der Waals surface area contributed by atoms with Crippen LogP contribution in [0.2, 0.25) is 5.02 Å². The smallest absolute Gasteiger partial charge is 0.262 e. The van der Waals surface area contributed by atoms with E-state index >= 15 is 0 Å². The Kier molecular flexibility index (Phi) is 4.16. The van der Waals surface area contributed by atoms with Crippen molar-refractivity contribution in [2.24, 2.45) is 0 Å². The molecule has 4 nitrogen and oxygen atoms in total. The molecule has 0 bridgehead atoms. The Balaban J connectivity index is 2.54. The van der Waals surface area contributed by atoms with Gasteiger partial charge in [-0.1, -0.05) is 29.8 Å². The quantitative estimate of drug-likeness (QED) is 0.846. The molecule has 3 N–H and O–H groups in total. The zero-order valence-corrected chi connectivity index (χ0v) is 13.6. The summed E-state index contributed by atoms with van der Waals surface area (Å²) in [6, 6.07) is 8.53. The van der Waals surface area contributed by atoms with Crippen LogP contribution < -0.4 is 10.5 Å². The van der Waals surface area contributed by atoms with E-state index in [-0.39, 0.29) is 4.90 Å². The van der Waals surface area contributed by atoms with Crippen LogP contribution in [0.1, 0.15) is 16.7 Å². The highest BCUT2D eigenvalue weighted by atomic mass is 35.5. The van der Waals surface area contributed by atoms with Crippen molar-refractivity contribution in [1.82, 2.24) is 0 Å². The number of halogens is 1. The first kappa shape index (κ1) is 15.7. The maximum absolute atomic E-state index is 12.6. The summed E-state index contributed by atoms with van der Waals surface area (Å²) in [5, 5.41) is 0.292. The highest BCUT2D eigenvalue weighted by Crippen LogP contribution is 2.29. The SMILES string of the molecule is Cc1cccc(C)c1NS(=O)(=O)c1cc(Cl)cc(N)c1C. The van der Waals surface area contributed by atoms with Crippen molar-refractivity contribution < 1.29 is 8.42 Å². The molecule has 0 atom stereocenters. The molecule has 0 aliphatic rings. The zero-order chi connectivity index (χ0) is 15.8. The number of sulfonamides is 1. The first-order valence-corrected chi connectivity index (χ1v) is 8.23. The van der Waals surface area contributed by atoms with Gasteiger partial charge in [-0.05, 0) is 49.6 Å². The molecule has 0 saturated heterocycles. The molecule has 0 fully saturated rings. The van der Waals surface area contributed by atoms with Gasteiger partial charge in [-0.2, -0.15) is 0 Å². The van der Waals surface area contributed by atoms with E-state index in [1.165, 1.54) is 12.1 Å². The molecule has 0 unspecified atom stereocenters. The summed E-state index contributed by atoms with van der Waals surface area (Å²) < 4.78 is 27.8. The molecule has 112 valence electrons. The van der Waals surface area contributed by atoms with Gasteiger partial charge in [-0.25, -0.2) is 8.42 Å². The van der Waals surface area contributed by atoms with Gasteiger partial charge in [0, 0.05) is 10.7 Å². The monoisotopic (exact) mass is 324 g/mol. The van der Waals surface area contributed by atoms with Crippen molar-refractivity contribution in [3.05, 3.63) is 52.0 Å². The lowest BCUT2D eigenvalue weighted by Crippen LogP contribution is -2.16. The number of hydrogen-bond donors (Lipinski definition) is 2. The van der Waals surface area contributed by atoms with Crippen molar-refractivity contribution in [3.8, 4) is 0 Å². The molecule has 6 heteroatoms. The van der Waals surface area contributed by atoms with Crippen LogP contribution in [0.4, 0.5) is 11.4 Å². The van der Waals surface area contributed by atoms with Gasteiger partial charge in [0.2, 0.25) is 0 Å². The molecule has 2 rings (SSSR count). The summed E-state index contributed by atoms with van der Waals surface area (Å²) in [7, 11) is -3.75. The Labute approximate surface area is 130 Å². The number of aryl methyl sites for hydroxylation is 2. The maximum atomic E-state index is 12.6. The number of hydrogen-bond acceptors (Lipinski definition) is 3. The molecule has 0 spiro atoms. The van der Waals surface area contributed by atoms with Crippen LogP contribution in [-0.2, 0) is 10.0 Å². The minimum atomic E-state index is -3.75. The van der Waals surface area contributed by atoms with Crippen molar-refractivity contribution >= 4 is 33.0 Å². The summed E-state index contributed by atoms with van der Waals surface area (Å²) in [5.74, 6) is 0. The van der Waals surface area contributed by atoms with Crippen molar-refractivity contribution in [2.75, 3.05) is 10.5 Å². The molecule has 2 aromatic rings. The van der Waals surface area contributed by atoms with Crippen molar-refractivity contribution in [2.45, 2.75) is 25.7 Å². The highest BCUT2D eigenvalue weighted by Gasteiger charge is 2.20. The third-order valence-electron chi connectivity index (χ3n) is 3.37. The Bertz CT molecular complexity index is 781. The summed E-state index contributed by atoms with van der Waals surface area (Å²) in [6.07, 6.45) is 0. The van der Waals surface area contributed by atoms with E-state index < -0.39 is 10.0 Å². The van der Waals surface area contributed by atoms with Gasteiger partial charge < -0.3 is 5.73 Å². The lowest BCUT2D eigenvalue weighted by Gasteiger charge is -2.15. The number of para-hydroxylation sites is 1. The van der Waals surface area contributed by atoms with Gasteiger partial charge in [0.05, 0.1) is 10.6 Å². The number of benzene rings is 2. The minimum absolute atomic E-state index is 0.0927. The second kappa shape index (κ2) is 5.58. The normalized spacial score (nSPS) is 11.4. The molecule has 0 aliphatic carbocycles. The molecule has 0 heterocycles. The molecular weight excluding hydrogens is 308 g/mol. The van der Waals surface area contributed by atoms with Gasteiger partial charge >= 0.3 is 0 Å². The fourth-order valence-corrected chi connectivity index (χ4v) is 3.91. The predicted molar refractivity (Wildman–Crippen MR) is 87.3 cm³/mol. The number of nitrogen functional groups attached to an aromatic ring is 1. The molecule has 0 aromatic heterocycles. The Morgan fingerprint density at radius 1 is 1.10 bits per heavy atom. The molecule has 0 amide bonds. The fourth-order valence-electron chi connectivity index (χ4n) is 2.12. The molecule has 0 radical (unpaired) electrons. The predicted octanol–water partition coefficient (Wildman–Crippen LogP) is 3.65. The second-order valence-corrected chi connectivity index (χ2v) is 7.08.